The molecule has 0 aliphatic rings. The Labute approximate surface area is 101 Å². The summed E-state index contributed by atoms with van der Waals surface area (Å²) in [7, 11) is 0. The second-order valence-corrected chi connectivity index (χ2v) is 4.09. The van der Waals surface area contributed by atoms with Crippen LogP contribution >= 0.6 is 23.2 Å². The Morgan fingerprint density at radius 2 is 2.13 bits per heavy atom. The van der Waals surface area contributed by atoms with Gasteiger partial charge in [-0.25, -0.2) is 0 Å². The molecule has 0 saturated carbocycles. The maximum absolute atomic E-state index is 6.04. The molecule has 84 valence electrons. The first-order chi connectivity index (χ1) is 7.15. The highest BCUT2D eigenvalue weighted by molar-refractivity contribution is 6.43. The molecule has 0 spiro atoms. The standard InChI is InChI=1S/C11H15Cl2NO/c1-3-15-7-8(2)14-10-6-4-5-9(12)11(10)13/h4-6,8,14H,3,7H2,1-2H3. The topological polar surface area (TPSA) is 21.3 Å². The Kier molecular flexibility index (Phi) is 5.23. The highest BCUT2D eigenvalue weighted by atomic mass is 35.5. The largest absolute Gasteiger partial charge is 0.380 e. The smallest absolute Gasteiger partial charge is 0.0823 e. The Balaban J connectivity index is 2.60. The lowest BCUT2D eigenvalue weighted by Gasteiger charge is -2.16. The van der Waals surface area contributed by atoms with Crippen molar-refractivity contribution in [1.29, 1.82) is 0 Å². The van der Waals surface area contributed by atoms with E-state index in [9.17, 15) is 0 Å². The summed E-state index contributed by atoms with van der Waals surface area (Å²) in [5.74, 6) is 0. The second-order valence-electron chi connectivity index (χ2n) is 3.31. The minimum absolute atomic E-state index is 0.209. The van der Waals surface area contributed by atoms with Crippen molar-refractivity contribution in [3.63, 3.8) is 0 Å². The number of halogens is 2. The van der Waals surface area contributed by atoms with E-state index in [1.54, 1.807) is 6.07 Å². The summed E-state index contributed by atoms with van der Waals surface area (Å²) in [6.07, 6.45) is 0. The van der Waals surface area contributed by atoms with E-state index in [1.807, 2.05) is 26.0 Å². The van der Waals surface area contributed by atoms with Crippen LogP contribution in [0.25, 0.3) is 0 Å². The van der Waals surface area contributed by atoms with E-state index in [0.29, 0.717) is 16.7 Å². The van der Waals surface area contributed by atoms with E-state index in [2.05, 4.69) is 5.32 Å². The van der Waals surface area contributed by atoms with E-state index < -0.39 is 0 Å². The van der Waals surface area contributed by atoms with Gasteiger partial charge in [-0.1, -0.05) is 29.3 Å². The zero-order chi connectivity index (χ0) is 11.3. The molecular formula is C11H15Cl2NO. The molecule has 15 heavy (non-hydrogen) atoms. The van der Waals surface area contributed by atoms with Crippen molar-refractivity contribution in [3.05, 3.63) is 28.2 Å². The molecule has 0 heterocycles. The third kappa shape index (κ3) is 3.90. The molecule has 0 fully saturated rings. The van der Waals surface area contributed by atoms with Crippen molar-refractivity contribution in [2.75, 3.05) is 18.5 Å². The van der Waals surface area contributed by atoms with Gasteiger partial charge >= 0.3 is 0 Å². The number of hydrogen-bond acceptors (Lipinski definition) is 2. The van der Waals surface area contributed by atoms with Gasteiger partial charge in [0.25, 0.3) is 0 Å². The predicted octanol–water partition coefficient (Wildman–Crippen LogP) is 3.83. The summed E-state index contributed by atoms with van der Waals surface area (Å²) in [5.41, 5.74) is 0.844. The quantitative estimate of drug-likeness (QED) is 0.854. The molecule has 2 nitrogen and oxygen atoms in total. The highest BCUT2D eigenvalue weighted by Crippen LogP contribution is 2.29. The number of nitrogens with one attached hydrogen (secondary N) is 1. The molecule has 1 unspecified atom stereocenters. The average molecular weight is 248 g/mol. The van der Waals surface area contributed by atoms with Gasteiger partial charge in [0.2, 0.25) is 0 Å². The number of ether oxygens (including phenoxy) is 1. The molecule has 0 amide bonds. The molecule has 1 N–H and O–H groups in total. The molecule has 0 aliphatic heterocycles. The van der Waals surface area contributed by atoms with Gasteiger partial charge in [0.15, 0.2) is 0 Å². The lowest BCUT2D eigenvalue weighted by atomic mass is 10.2. The first-order valence-electron chi connectivity index (χ1n) is 4.93. The molecule has 0 aliphatic carbocycles. The Morgan fingerprint density at radius 3 is 2.80 bits per heavy atom. The zero-order valence-electron chi connectivity index (χ0n) is 8.89. The minimum Gasteiger partial charge on any atom is -0.380 e. The predicted molar refractivity (Wildman–Crippen MR) is 66.0 cm³/mol. The maximum Gasteiger partial charge on any atom is 0.0823 e. The number of anilines is 1. The molecule has 4 heteroatoms. The van der Waals surface area contributed by atoms with Crippen molar-refractivity contribution in [3.8, 4) is 0 Å². The van der Waals surface area contributed by atoms with E-state index >= 15 is 0 Å². The zero-order valence-corrected chi connectivity index (χ0v) is 10.4. The van der Waals surface area contributed by atoms with Gasteiger partial charge in [-0.15, -0.1) is 0 Å². The molecule has 0 bridgehead atoms. The van der Waals surface area contributed by atoms with Crippen LogP contribution in [-0.2, 0) is 4.74 Å². The van der Waals surface area contributed by atoms with Gasteiger partial charge in [-0.3, -0.25) is 0 Å². The number of hydrogen-bond donors (Lipinski definition) is 1. The van der Waals surface area contributed by atoms with Crippen LogP contribution in [-0.4, -0.2) is 19.3 Å². The Hall–Kier alpha value is -0.440. The normalized spacial score (nSPS) is 12.5. The molecule has 1 aromatic rings. The van der Waals surface area contributed by atoms with Crippen LogP contribution in [0, 0.1) is 0 Å². The fraction of sp³-hybridized carbons (Fsp3) is 0.455. The van der Waals surface area contributed by atoms with E-state index in [-0.39, 0.29) is 6.04 Å². The van der Waals surface area contributed by atoms with Crippen molar-refractivity contribution in [2.24, 2.45) is 0 Å². The first kappa shape index (κ1) is 12.6. The van der Waals surface area contributed by atoms with Gasteiger partial charge in [0.1, 0.15) is 0 Å². The van der Waals surface area contributed by atoms with Crippen molar-refractivity contribution >= 4 is 28.9 Å². The summed E-state index contributed by atoms with van der Waals surface area (Å²) in [4.78, 5) is 0. The summed E-state index contributed by atoms with van der Waals surface area (Å²) >= 11 is 11.9. The third-order valence-corrected chi connectivity index (χ3v) is 2.74. The first-order valence-corrected chi connectivity index (χ1v) is 5.69. The van der Waals surface area contributed by atoms with E-state index in [4.69, 9.17) is 27.9 Å². The lowest BCUT2D eigenvalue weighted by molar-refractivity contribution is 0.141. The second kappa shape index (κ2) is 6.21. The fourth-order valence-electron chi connectivity index (χ4n) is 1.22. The van der Waals surface area contributed by atoms with Gasteiger partial charge in [-0.05, 0) is 26.0 Å². The molecule has 0 radical (unpaired) electrons. The minimum atomic E-state index is 0.209. The molecule has 1 rings (SSSR count). The summed E-state index contributed by atoms with van der Waals surface area (Å²) in [6, 6.07) is 5.74. The molecule has 1 aromatic carbocycles. The van der Waals surface area contributed by atoms with Crippen LogP contribution in [0.15, 0.2) is 18.2 Å². The SMILES string of the molecule is CCOCC(C)Nc1cccc(Cl)c1Cl. The van der Waals surface area contributed by atoms with Crippen LogP contribution in [0.5, 0.6) is 0 Å². The van der Waals surface area contributed by atoms with Crippen molar-refractivity contribution in [1.82, 2.24) is 0 Å². The molecule has 1 atom stereocenters. The number of rotatable bonds is 5. The van der Waals surface area contributed by atoms with Crippen molar-refractivity contribution < 1.29 is 4.74 Å². The maximum atomic E-state index is 6.04. The Morgan fingerprint density at radius 1 is 1.40 bits per heavy atom. The van der Waals surface area contributed by atoms with E-state index in [0.717, 1.165) is 12.3 Å². The highest BCUT2D eigenvalue weighted by Gasteiger charge is 2.07. The van der Waals surface area contributed by atoms with Crippen LogP contribution in [0.3, 0.4) is 0 Å². The average Bonchev–Trinajstić information content (AvgIpc) is 2.22. The lowest BCUT2D eigenvalue weighted by Crippen LogP contribution is -2.21. The summed E-state index contributed by atoms with van der Waals surface area (Å²) < 4.78 is 5.30. The van der Waals surface area contributed by atoms with Gasteiger partial charge < -0.3 is 10.1 Å². The third-order valence-electron chi connectivity index (χ3n) is 1.93. The van der Waals surface area contributed by atoms with Gasteiger partial charge in [0, 0.05) is 12.6 Å². The van der Waals surface area contributed by atoms with Crippen LogP contribution < -0.4 is 5.32 Å². The van der Waals surface area contributed by atoms with E-state index in [1.165, 1.54) is 0 Å². The Bertz CT molecular complexity index is 317. The van der Waals surface area contributed by atoms with Crippen LogP contribution in [0.2, 0.25) is 10.0 Å². The summed E-state index contributed by atoms with van der Waals surface area (Å²) in [6.45, 7) is 5.38. The molecule has 0 aromatic heterocycles. The van der Waals surface area contributed by atoms with Crippen molar-refractivity contribution in [2.45, 2.75) is 19.9 Å². The van der Waals surface area contributed by atoms with Gasteiger partial charge in [-0.2, -0.15) is 0 Å². The molecule has 0 saturated heterocycles. The summed E-state index contributed by atoms with van der Waals surface area (Å²) in [5, 5.41) is 4.36. The fourth-order valence-corrected chi connectivity index (χ4v) is 1.57. The van der Waals surface area contributed by atoms with Gasteiger partial charge in [0.05, 0.1) is 22.3 Å². The monoisotopic (exact) mass is 247 g/mol. The number of benzene rings is 1. The molecular weight excluding hydrogens is 233 g/mol. The van der Waals surface area contributed by atoms with Crippen LogP contribution in [0.1, 0.15) is 13.8 Å². The van der Waals surface area contributed by atoms with Crippen LogP contribution in [0.4, 0.5) is 5.69 Å².